The fourth-order valence-corrected chi connectivity index (χ4v) is 8.15. The molecule has 3 aliphatic heterocycles. The number of nitrogens with zero attached hydrogens (tertiary/aromatic N) is 6. The Kier molecular flexibility index (Phi) is 6.56. The number of terminal acetylenes is 1. The molecule has 3 saturated heterocycles. The maximum absolute atomic E-state index is 15.1. The molecule has 0 radical (unpaired) electrons. The summed E-state index contributed by atoms with van der Waals surface area (Å²) >= 11 is 0. The number of fused-ring (bicyclic) bond motifs is 6. The second-order valence-corrected chi connectivity index (χ2v) is 13.8. The molecule has 2 N–H and O–H groups in total. The van der Waals surface area contributed by atoms with Crippen LogP contribution in [0.25, 0.3) is 38.6 Å². The fourth-order valence-electron chi connectivity index (χ4n) is 8.15. The van der Waals surface area contributed by atoms with Gasteiger partial charge in [-0.2, -0.15) is 9.97 Å². The van der Waals surface area contributed by atoms with E-state index < -0.39 is 12.0 Å². The SMILES string of the molecule is C#Cc1c(F)ccc2cc(O)cc(-c3cc4nc(OCC5(CN6CC[C@@H](F)C6)CC5)nc(N5[C@@H]6CC[C@H]5CNC6)c4n4ccnc34)c12. The van der Waals surface area contributed by atoms with Gasteiger partial charge in [0.05, 0.1) is 17.7 Å². The monoisotopic (exact) mass is 635 g/mol. The number of imidazole rings is 1. The Morgan fingerprint density at radius 1 is 1.09 bits per heavy atom. The van der Waals surface area contributed by atoms with Crippen molar-refractivity contribution in [1.82, 2.24) is 29.6 Å². The zero-order chi connectivity index (χ0) is 31.9. The van der Waals surface area contributed by atoms with Gasteiger partial charge in [0.25, 0.3) is 0 Å². The number of hydrogen-bond acceptors (Lipinski definition) is 8. The molecule has 4 aliphatic rings. The number of aromatic hydroxyl groups is 1. The summed E-state index contributed by atoms with van der Waals surface area (Å²) in [6.45, 7) is 4.28. The zero-order valence-corrected chi connectivity index (χ0v) is 25.9. The van der Waals surface area contributed by atoms with Gasteiger partial charge in [-0.1, -0.05) is 12.0 Å². The van der Waals surface area contributed by atoms with Gasteiger partial charge in [0.1, 0.15) is 28.9 Å². The Morgan fingerprint density at radius 2 is 1.91 bits per heavy atom. The first-order chi connectivity index (χ1) is 22.9. The predicted octanol–water partition coefficient (Wildman–Crippen LogP) is 5.07. The van der Waals surface area contributed by atoms with Crippen molar-refractivity contribution in [1.29, 1.82) is 0 Å². The fraction of sp³-hybridized carbons (Fsp3) is 0.417. The maximum Gasteiger partial charge on any atom is 0.319 e. The number of benzene rings is 2. The number of phenolic OH excluding ortho intramolecular Hbond substituents is 1. The van der Waals surface area contributed by atoms with E-state index in [0.29, 0.717) is 58.6 Å². The Balaban J connectivity index is 1.21. The number of pyridine rings is 1. The largest absolute Gasteiger partial charge is 0.508 e. The van der Waals surface area contributed by atoms with Crippen LogP contribution >= 0.6 is 0 Å². The topological polar surface area (TPSA) is 91.1 Å². The molecule has 1 aliphatic carbocycles. The van der Waals surface area contributed by atoms with E-state index in [1.807, 2.05) is 16.7 Å². The van der Waals surface area contributed by atoms with Gasteiger partial charge in [-0.15, -0.1) is 6.42 Å². The third-order valence-corrected chi connectivity index (χ3v) is 10.6. The van der Waals surface area contributed by atoms with Crippen molar-refractivity contribution in [2.24, 2.45) is 5.41 Å². The van der Waals surface area contributed by atoms with E-state index in [-0.39, 0.29) is 28.8 Å². The lowest BCUT2D eigenvalue weighted by atomic mass is 9.94. The second kappa shape index (κ2) is 10.8. The first-order valence-corrected chi connectivity index (χ1v) is 16.5. The average Bonchev–Trinajstić information content (AvgIpc) is 3.32. The van der Waals surface area contributed by atoms with Gasteiger partial charge in [-0.05, 0) is 67.3 Å². The highest BCUT2D eigenvalue weighted by Gasteiger charge is 2.46. The molecule has 9 rings (SSSR count). The van der Waals surface area contributed by atoms with Crippen molar-refractivity contribution >= 4 is 33.3 Å². The summed E-state index contributed by atoms with van der Waals surface area (Å²) in [7, 11) is 0. The minimum absolute atomic E-state index is 0.0216. The van der Waals surface area contributed by atoms with Crippen molar-refractivity contribution in [2.45, 2.75) is 50.4 Å². The normalized spacial score (nSPS) is 23.6. The molecule has 0 amide bonds. The molecule has 2 bridgehead atoms. The van der Waals surface area contributed by atoms with Crippen LogP contribution in [0.1, 0.15) is 37.7 Å². The molecular weight excluding hydrogens is 600 g/mol. The molecule has 2 aromatic carbocycles. The molecule has 3 aromatic heterocycles. The highest BCUT2D eigenvalue weighted by Crippen LogP contribution is 2.47. The number of aromatic nitrogens is 4. The number of likely N-dealkylation sites (tertiary alicyclic amines) is 1. The number of halogens is 2. The molecule has 0 unspecified atom stereocenters. The highest BCUT2D eigenvalue weighted by atomic mass is 19.1. The van der Waals surface area contributed by atoms with Gasteiger partial charge < -0.3 is 20.1 Å². The quantitative estimate of drug-likeness (QED) is 0.240. The molecule has 0 spiro atoms. The van der Waals surface area contributed by atoms with Gasteiger partial charge in [0.15, 0.2) is 5.82 Å². The minimum atomic E-state index is -0.751. The van der Waals surface area contributed by atoms with Gasteiger partial charge >= 0.3 is 6.01 Å². The Hall–Kier alpha value is -4.53. The van der Waals surface area contributed by atoms with Crippen molar-refractivity contribution in [3.8, 4) is 35.2 Å². The molecule has 3 atom stereocenters. The number of anilines is 1. The van der Waals surface area contributed by atoms with E-state index in [0.717, 1.165) is 63.2 Å². The molecule has 5 aromatic rings. The van der Waals surface area contributed by atoms with Gasteiger partial charge in [-0.25, -0.2) is 13.8 Å². The summed E-state index contributed by atoms with van der Waals surface area (Å²) in [4.78, 5) is 19.4. The number of alkyl halides is 1. The van der Waals surface area contributed by atoms with Crippen molar-refractivity contribution < 1.29 is 18.6 Å². The number of ether oxygens (including phenoxy) is 1. The minimum Gasteiger partial charge on any atom is -0.508 e. The van der Waals surface area contributed by atoms with E-state index in [9.17, 15) is 9.50 Å². The molecule has 47 heavy (non-hydrogen) atoms. The number of nitrogens with one attached hydrogen (secondary N) is 1. The molecule has 240 valence electrons. The summed E-state index contributed by atoms with van der Waals surface area (Å²) in [5.74, 6) is 2.85. The van der Waals surface area contributed by atoms with Gasteiger partial charge in [0.2, 0.25) is 0 Å². The highest BCUT2D eigenvalue weighted by molar-refractivity contribution is 6.06. The lowest BCUT2D eigenvalue weighted by Gasteiger charge is -2.37. The van der Waals surface area contributed by atoms with Crippen molar-refractivity contribution in [3.05, 3.63) is 54.1 Å². The van der Waals surface area contributed by atoms with Crippen molar-refractivity contribution in [2.75, 3.05) is 44.2 Å². The maximum atomic E-state index is 15.1. The lowest BCUT2D eigenvalue weighted by molar-refractivity contribution is 0.165. The Morgan fingerprint density at radius 3 is 2.66 bits per heavy atom. The van der Waals surface area contributed by atoms with E-state index >= 15 is 4.39 Å². The zero-order valence-electron chi connectivity index (χ0n) is 25.9. The average molecular weight is 636 g/mol. The molecule has 6 heterocycles. The summed E-state index contributed by atoms with van der Waals surface area (Å²) in [5.41, 5.74) is 3.38. The van der Waals surface area contributed by atoms with Gasteiger partial charge in [0, 0.05) is 73.6 Å². The van der Waals surface area contributed by atoms with E-state index in [2.05, 4.69) is 21.0 Å². The summed E-state index contributed by atoms with van der Waals surface area (Å²) in [6, 6.07) is 8.92. The van der Waals surface area contributed by atoms with Crippen LogP contribution in [0.2, 0.25) is 0 Å². The van der Waals surface area contributed by atoms with Crippen LogP contribution in [0.4, 0.5) is 14.6 Å². The second-order valence-electron chi connectivity index (χ2n) is 13.8. The lowest BCUT2D eigenvalue weighted by Crippen LogP contribution is -2.52. The summed E-state index contributed by atoms with van der Waals surface area (Å²) in [5, 5.41) is 15.5. The van der Waals surface area contributed by atoms with E-state index in [1.165, 1.54) is 6.07 Å². The first kappa shape index (κ1) is 28.7. The summed E-state index contributed by atoms with van der Waals surface area (Å²) < 4.78 is 37.4. The number of rotatable bonds is 7. The van der Waals surface area contributed by atoms with Gasteiger partial charge in [-0.3, -0.25) is 9.30 Å². The Labute approximate surface area is 270 Å². The Bertz CT molecular complexity index is 2090. The predicted molar refractivity (Wildman–Crippen MR) is 176 cm³/mol. The standard InChI is InChI=1S/C36H35F2N7O2/c1-2-26-29(38)6-3-21-13-25(46)14-27(31(21)26)28-15-30-32(44-12-10-40-33(28)44)34(45-23-4-5-24(45)17-39-16-23)42-35(41-30)47-20-36(8-9-36)19-43-11-7-22(37)18-43/h1,3,6,10,12-15,22-24,39,46H,4-5,7-9,11,16-20H2/t22-,23-,24+/m1/s1. The van der Waals surface area contributed by atoms with Crippen molar-refractivity contribution in [3.63, 3.8) is 0 Å². The number of phenols is 1. The molecule has 9 nitrogen and oxygen atoms in total. The summed E-state index contributed by atoms with van der Waals surface area (Å²) in [6.07, 6.45) is 13.5. The first-order valence-electron chi connectivity index (χ1n) is 16.5. The van der Waals surface area contributed by atoms with Crippen LogP contribution in [0.5, 0.6) is 11.8 Å². The number of piperazine rings is 1. The van der Waals surface area contributed by atoms with Crippen LogP contribution in [0.3, 0.4) is 0 Å². The third-order valence-electron chi connectivity index (χ3n) is 10.6. The van der Waals surface area contributed by atoms with E-state index in [4.69, 9.17) is 26.1 Å². The third kappa shape index (κ3) is 4.76. The smallest absolute Gasteiger partial charge is 0.319 e. The van der Waals surface area contributed by atoms with Crippen LogP contribution in [-0.4, -0.2) is 86.9 Å². The van der Waals surface area contributed by atoms with Crippen LogP contribution in [-0.2, 0) is 0 Å². The molecule has 11 heteroatoms. The molecule has 1 saturated carbocycles. The van der Waals surface area contributed by atoms with Crippen LogP contribution < -0.4 is 15.0 Å². The number of hydrogen-bond donors (Lipinski definition) is 2. The molecule has 4 fully saturated rings. The van der Waals surface area contributed by atoms with E-state index in [1.54, 1.807) is 24.4 Å². The molecular formula is C36H35F2N7O2. The van der Waals surface area contributed by atoms with Crippen LogP contribution in [0, 0.1) is 23.6 Å². The van der Waals surface area contributed by atoms with Crippen LogP contribution in [0.15, 0.2) is 42.7 Å².